The van der Waals surface area contributed by atoms with Gasteiger partial charge in [0.1, 0.15) is 11.2 Å². The molecule has 0 radical (unpaired) electrons. The summed E-state index contributed by atoms with van der Waals surface area (Å²) in [4.78, 5) is 11.0. The van der Waals surface area contributed by atoms with Gasteiger partial charge in [-0.3, -0.25) is 4.68 Å². The molecular weight excluding hydrogens is 280 g/mol. The number of hydrogen-bond acceptors (Lipinski definition) is 6. The van der Waals surface area contributed by atoms with E-state index < -0.39 is 10.0 Å². The SMILES string of the molecule is Cn1cnc(CNS(=O)(=O)c2cnc(Cl)nc2)n1. The minimum atomic E-state index is -3.69. The summed E-state index contributed by atoms with van der Waals surface area (Å²) < 4.78 is 27.5. The molecule has 0 amide bonds. The van der Waals surface area contributed by atoms with Crippen LogP contribution in [0.1, 0.15) is 5.82 Å². The predicted octanol–water partition coefficient (Wildman–Crippen LogP) is -0.263. The van der Waals surface area contributed by atoms with Crippen molar-refractivity contribution in [2.24, 2.45) is 7.05 Å². The first kappa shape index (κ1) is 12.9. The van der Waals surface area contributed by atoms with E-state index in [1.165, 1.54) is 11.0 Å². The fraction of sp³-hybridized carbons (Fsp3) is 0.250. The van der Waals surface area contributed by atoms with Crippen molar-refractivity contribution in [1.29, 1.82) is 0 Å². The van der Waals surface area contributed by atoms with Crippen LogP contribution in [0.25, 0.3) is 0 Å². The van der Waals surface area contributed by atoms with Crippen molar-refractivity contribution in [1.82, 2.24) is 29.5 Å². The summed E-state index contributed by atoms with van der Waals surface area (Å²) in [5, 5.41) is 3.93. The van der Waals surface area contributed by atoms with Crippen molar-refractivity contribution < 1.29 is 8.42 Å². The van der Waals surface area contributed by atoms with Gasteiger partial charge in [-0.15, -0.1) is 0 Å². The summed E-state index contributed by atoms with van der Waals surface area (Å²) in [6.45, 7) is -0.00814. The molecule has 10 heteroatoms. The molecule has 2 rings (SSSR count). The van der Waals surface area contributed by atoms with Crippen LogP contribution in [0, 0.1) is 0 Å². The Bertz CT molecular complexity index is 638. The van der Waals surface area contributed by atoms with Gasteiger partial charge in [0.15, 0.2) is 5.82 Å². The largest absolute Gasteiger partial charge is 0.256 e. The zero-order valence-corrected chi connectivity index (χ0v) is 10.9. The molecule has 8 nitrogen and oxygen atoms in total. The smallest absolute Gasteiger partial charge is 0.244 e. The number of aromatic nitrogens is 5. The normalized spacial score (nSPS) is 11.7. The third-order valence-corrected chi connectivity index (χ3v) is 3.53. The lowest BCUT2D eigenvalue weighted by Crippen LogP contribution is -2.24. The Morgan fingerprint density at radius 1 is 1.33 bits per heavy atom. The summed E-state index contributed by atoms with van der Waals surface area (Å²) >= 11 is 5.48. The lowest BCUT2D eigenvalue weighted by atomic mass is 10.6. The summed E-state index contributed by atoms with van der Waals surface area (Å²) in [5.74, 6) is 0.371. The Labute approximate surface area is 108 Å². The van der Waals surface area contributed by atoms with Crippen LogP contribution in [-0.4, -0.2) is 33.2 Å². The van der Waals surface area contributed by atoms with Gasteiger partial charge < -0.3 is 0 Å². The molecule has 96 valence electrons. The van der Waals surface area contributed by atoms with Gasteiger partial charge in [-0.25, -0.2) is 28.1 Å². The van der Waals surface area contributed by atoms with Gasteiger partial charge in [0, 0.05) is 7.05 Å². The maximum atomic E-state index is 11.8. The number of rotatable bonds is 4. The van der Waals surface area contributed by atoms with E-state index in [1.54, 1.807) is 7.05 Å². The van der Waals surface area contributed by atoms with Gasteiger partial charge >= 0.3 is 0 Å². The Balaban J connectivity index is 2.10. The van der Waals surface area contributed by atoms with E-state index in [-0.39, 0.29) is 16.7 Å². The van der Waals surface area contributed by atoms with Gasteiger partial charge in [-0.05, 0) is 11.6 Å². The minimum Gasteiger partial charge on any atom is -0.256 e. The molecule has 0 aromatic carbocycles. The maximum absolute atomic E-state index is 11.8. The molecule has 0 unspecified atom stereocenters. The van der Waals surface area contributed by atoms with Crippen molar-refractivity contribution in [2.45, 2.75) is 11.4 Å². The molecule has 0 fully saturated rings. The molecule has 0 aliphatic heterocycles. The van der Waals surface area contributed by atoms with E-state index in [2.05, 4.69) is 24.8 Å². The second-order valence-corrected chi connectivity index (χ2v) is 5.45. The zero-order valence-electron chi connectivity index (χ0n) is 9.28. The molecule has 0 aliphatic rings. The van der Waals surface area contributed by atoms with Crippen LogP contribution < -0.4 is 4.72 Å². The first-order valence-electron chi connectivity index (χ1n) is 4.79. The number of nitrogens with one attached hydrogen (secondary N) is 1. The first-order chi connectivity index (χ1) is 8.47. The maximum Gasteiger partial charge on any atom is 0.244 e. The Kier molecular flexibility index (Phi) is 3.55. The Morgan fingerprint density at radius 3 is 2.56 bits per heavy atom. The van der Waals surface area contributed by atoms with E-state index in [4.69, 9.17) is 11.6 Å². The molecule has 0 saturated heterocycles. The van der Waals surface area contributed by atoms with Crippen molar-refractivity contribution in [3.8, 4) is 0 Å². The monoisotopic (exact) mass is 288 g/mol. The highest BCUT2D eigenvalue weighted by atomic mass is 35.5. The van der Waals surface area contributed by atoms with Gasteiger partial charge in [0.25, 0.3) is 0 Å². The van der Waals surface area contributed by atoms with Gasteiger partial charge in [-0.1, -0.05) is 0 Å². The highest BCUT2D eigenvalue weighted by Crippen LogP contribution is 2.07. The van der Waals surface area contributed by atoms with E-state index in [9.17, 15) is 8.42 Å². The second kappa shape index (κ2) is 4.96. The standard InChI is InChI=1S/C8H9ClN6O2S/c1-15-5-12-7(14-15)4-13-18(16,17)6-2-10-8(9)11-3-6/h2-3,5,13H,4H2,1H3. The molecule has 2 aromatic rings. The number of sulfonamides is 1. The van der Waals surface area contributed by atoms with Gasteiger partial charge in [0.2, 0.25) is 15.3 Å². The minimum absolute atomic E-state index is 0.00814. The number of hydrogen-bond donors (Lipinski definition) is 1. The van der Waals surface area contributed by atoms with Crippen molar-refractivity contribution in [2.75, 3.05) is 0 Å². The molecule has 0 atom stereocenters. The van der Waals surface area contributed by atoms with Crippen molar-refractivity contribution in [3.05, 3.63) is 29.8 Å². The Hall–Kier alpha value is -1.58. The van der Waals surface area contributed by atoms with E-state index >= 15 is 0 Å². The van der Waals surface area contributed by atoms with Crippen molar-refractivity contribution >= 4 is 21.6 Å². The van der Waals surface area contributed by atoms with E-state index in [0.29, 0.717) is 5.82 Å². The molecule has 0 spiro atoms. The predicted molar refractivity (Wildman–Crippen MR) is 62.1 cm³/mol. The quantitative estimate of drug-likeness (QED) is 0.777. The second-order valence-electron chi connectivity index (χ2n) is 3.35. The molecule has 18 heavy (non-hydrogen) atoms. The molecular formula is C8H9ClN6O2S. The third kappa shape index (κ3) is 3.00. The van der Waals surface area contributed by atoms with Crippen LogP contribution in [0.15, 0.2) is 23.6 Å². The molecule has 0 bridgehead atoms. The molecule has 2 heterocycles. The van der Waals surface area contributed by atoms with Crippen molar-refractivity contribution in [3.63, 3.8) is 0 Å². The lowest BCUT2D eigenvalue weighted by molar-refractivity contribution is 0.577. The van der Waals surface area contributed by atoms with E-state index in [0.717, 1.165) is 12.4 Å². The van der Waals surface area contributed by atoms with E-state index in [1.807, 2.05) is 0 Å². The molecule has 0 aliphatic carbocycles. The fourth-order valence-electron chi connectivity index (χ4n) is 1.15. The number of nitrogens with zero attached hydrogens (tertiary/aromatic N) is 5. The Morgan fingerprint density at radius 2 is 2.00 bits per heavy atom. The van der Waals surface area contributed by atoms with Crippen LogP contribution >= 0.6 is 11.6 Å². The highest BCUT2D eigenvalue weighted by molar-refractivity contribution is 7.89. The summed E-state index contributed by atoms with van der Waals surface area (Å²) in [5.41, 5.74) is 0. The summed E-state index contributed by atoms with van der Waals surface area (Å²) in [6, 6.07) is 0. The summed E-state index contributed by atoms with van der Waals surface area (Å²) in [6.07, 6.45) is 3.74. The zero-order chi connectivity index (χ0) is 13.2. The fourth-order valence-corrected chi connectivity index (χ4v) is 2.11. The molecule has 1 N–H and O–H groups in total. The first-order valence-corrected chi connectivity index (χ1v) is 6.65. The topological polar surface area (TPSA) is 103 Å². The number of aryl methyl sites for hydroxylation is 1. The van der Waals surface area contributed by atoms with Crippen LogP contribution in [-0.2, 0) is 23.6 Å². The average molecular weight is 289 g/mol. The lowest BCUT2D eigenvalue weighted by Gasteiger charge is -2.03. The van der Waals surface area contributed by atoms with Crippen LogP contribution in [0.3, 0.4) is 0 Å². The average Bonchev–Trinajstić information content (AvgIpc) is 2.73. The van der Waals surface area contributed by atoms with Crippen LogP contribution in [0.2, 0.25) is 5.28 Å². The highest BCUT2D eigenvalue weighted by Gasteiger charge is 2.15. The van der Waals surface area contributed by atoms with Gasteiger partial charge in [0.05, 0.1) is 18.9 Å². The molecule has 2 aromatic heterocycles. The third-order valence-electron chi connectivity index (χ3n) is 1.97. The van der Waals surface area contributed by atoms with Gasteiger partial charge in [-0.2, -0.15) is 5.10 Å². The van der Waals surface area contributed by atoms with Crippen LogP contribution in [0.5, 0.6) is 0 Å². The number of halogens is 1. The van der Waals surface area contributed by atoms with Crippen LogP contribution in [0.4, 0.5) is 0 Å². The summed E-state index contributed by atoms with van der Waals surface area (Å²) in [7, 11) is -2.00. The molecule has 0 saturated carbocycles.